The van der Waals surface area contributed by atoms with Crippen molar-refractivity contribution in [1.82, 2.24) is 9.38 Å². The number of ketones is 1. The van der Waals surface area contributed by atoms with Gasteiger partial charge in [0.2, 0.25) is 0 Å². The van der Waals surface area contributed by atoms with E-state index in [0.29, 0.717) is 5.69 Å². The van der Waals surface area contributed by atoms with Crippen LogP contribution >= 0.6 is 11.3 Å². The van der Waals surface area contributed by atoms with E-state index in [-0.39, 0.29) is 24.2 Å². The Morgan fingerprint density at radius 2 is 2.04 bits per heavy atom. The summed E-state index contributed by atoms with van der Waals surface area (Å²) in [4.78, 5) is 19.3. The van der Waals surface area contributed by atoms with E-state index in [1.807, 2.05) is 4.40 Å². The minimum atomic E-state index is -0.875. The van der Waals surface area contributed by atoms with Crippen molar-refractivity contribution in [2.75, 3.05) is 0 Å². The number of hydrogen-bond donors (Lipinski definition) is 0. The molecule has 3 nitrogen and oxygen atoms in total. The minimum Gasteiger partial charge on any atom is -0.292 e. The standard InChI is InChI=1S/C19H18F2N2OS/c20-13-6-4-5-12(18(13)21)9-10-16(24)15-11-22-19-23(15)14-7-2-1-3-8-17(14)25-19/h4-6,11H,1-3,7-10H2. The molecule has 4 rings (SSSR count). The van der Waals surface area contributed by atoms with Gasteiger partial charge in [0.15, 0.2) is 22.4 Å². The Bertz CT molecular complexity index is 944. The molecule has 0 unspecified atom stereocenters. The number of halogens is 2. The molecule has 6 heteroatoms. The monoisotopic (exact) mass is 360 g/mol. The van der Waals surface area contributed by atoms with Crippen molar-refractivity contribution in [2.24, 2.45) is 0 Å². The number of Topliss-reactive ketones (excluding diaryl/α,β-unsaturated/α-hetero) is 1. The normalized spacial score (nSPS) is 14.5. The molecule has 0 N–H and O–H groups in total. The molecule has 3 aromatic rings. The highest BCUT2D eigenvalue weighted by Gasteiger charge is 2.21. The predicted molar refractivity (Wildman–Crippen MR) is 93.3 cm³/mol. The molecular formula is C19H18F2N2OS. The summed E-state index contributed by atoms with van der Waals surface area (Å²) in [7, 11) is 0. The predicted octanol–water partition coefficient (Wildman–Crippen LogP) is 4.76. The van der Waals surface area contributed by atoms with Crippen LogP contribution in [0, 0.1) is 11.6 Å². The average Bonchev–Trinajstić information content (AvgIpc) is 3.08. The SMILES string of the molecule is O=C(CCc1cccc(F)c1F)c1cnc2sc3c(n12)CCCCC3. The van der Waals surface area contributed by atoms with Gasteiger partial charge in [0.1, 0.15) is 5.69 Å². The highest BCUT2D eigenvalue weighted by Crippen LogP contribution is 2.30. The first-order chi connectivity index (χ1) is 12.1. The van der Waals surface area contributed by atoms with Crippen LogP contribution in [0.15, 0.2) is 24.4 Å². The van der Waals surface area contributed by atoms with Crippen molar-refractivity contribution in [3.8, 4) is 0 Å². The Hall–Kier alpha value is -2.08. The van der Waals surface area contributed by atoms with Gasteiger partial charge in [-0.25, -0.2) is 13.8 Å². The van der Waals surface area contributed by atoms with E-state index < -0.39 is 11.6 Å². The molecule has 0 spiro atoms. The number of carbonyl (C=O) groups is 1. The fourth-order valence-electron chi connectivity index (χ4n) is 3.48. The van der Waals surface area contributed by atoms with Crippen molar-refractivity contribution in [3.05, 3.63) is 57.9 Å². The highest BCUT2D eigenvalue weighted by atomic mass is 32.1. The third-order valence-electron chi connectivity index (χ3n) is 4.79. The summed E-state index contributed by atoms with van der Waals surface area (Å²) in [6.07, 6.45) is 7.45. The number of fused-ring (bicyclic) bond motifs is 3. The zero-order valence-electron chi connectivity index (χ0n) is 13.7. The van der Waals surface area contributed by atoms with E-state index in [9.17, 15) is 13.6 Å². The average molecular weight is 360 g/mol. The van der Waals surface area contributed by atoms with E-state index in [1.54, 1.807) is 17.5 Å². The maximum absolute atomic E-state index is 13.8. The van der Waals surface area contributed by atoms with Crippen LogP contribution in [0.1, 0.15) is 52.3 Å². The van der Waals surface area contributed by atoms with Gasteiger partial charge in [0.25, 0.3) is 0 Å². The van der Waals surface area contributed by atoms with E-state index in [4.69, 9.17) is 0 Å². The van der Waals surface area contributed by atoms with Crippen molar-refractivity contribution in [1.29, 1.82) is 0 Å². The summed E-state index contributed by atoms with van der Waals surface area (Å²) in [6.45, 7) is 0. The number of rotatable bonds is 4. The smallest absolute Gasteiger partial charge is 0.194 e. The number of aryl methyl sites for hydroxylation is 3. The fraction of sp³-hybridized carbons (Fsp3) is 0.368. The van der Waals surface area contributed by atoms with Crippen molar-refractivity contribution in [2.45, 2.75) is 44.9 Å². The molecule has 0 fully saturated rings. The van der Waals surface area contributed by atoms with Gasteiger partial charge >= 0.3 is 0 Å². The maximum Gasteiger partial charge on any atom is 0.194 e. The van der Waals surface area contributed by atoms with E-state index in [1.165, 1.54) is 35.5 Å². The highest BCUT2D eigenvalue weighted by molar-refractivity contribution is 7.17. The first-order valence-corrected chi connectivity index (χ1v) is 9.41. The second kappa shape index (κ2) is 6.67. The van der Waals surface area contributed by atoms with Crippen LogP contribution in [-0.4, -0.2) is 15.2 Å². The molecule has 0 saturated carbocycles. The lowest BCUT2D eigenvalue weighted by molar-refractivity contribution is 0.0976. The first-order valence-electron chi connectivity index (χ1n) is 8.59. The second-order valence-corrected chi connectivity index (χ2v) is 7.49. The topological polar surface area (TPSA) is 34.4 Å². The molecule has 1 aliphatic carbocycles. The summed E-state index contributed by atoms with van der Waals surface area (Å²) >= 11 is 1.66. The quantitative estimate of drug-likeness (QED) is 0.497. The van der Waals surface area contributed by atoms with Crippen LogP contribution < -0.4 is 0 Å². The van der Waals surface area contributed by atoms with Gasteiger partial charge in [0.05, 0.1) is 6.20 Å². The molecule has 0 saturated heterocycles. The summed E-state index contributed by atoms with van der Waals surface area (Å²) in [6, 6.07) is 4.07. The molecule has 0 atom stereocenters. The zero-order chi connectivity index (χ0) is 17.4. The van der Waals surface area contributed by atoms with Gasteiger partial charge in [0, 0.05) is 17.0 Å². The summed E-state index contributed by atoms with van der Waals surface area (Å²) in [5, 5.41) is 0. The second-order valence-electron chi connectivity index (χ2n) is 6.43. The van der Waals surface area contributed by atoms with E-state index in [2.05, 4.69) is 4.98 Å². The van der Waals surface area contributed by atoms with Crippen LogP contribution in [0.25, 0.3) is 4.96 Å². The number of imidazole rings is 1. The Kier molecular flexibility index (Phi) is 4.37. The molecule has 2 aromatic heterocycles. The van der Waals surface area contributed by atoms with Gasteiger partial charge in [-0.2, -0.15) is 0 Å². The molecule has 1 aliphatic rings. The molecule has 2 heterocycles. The van der Waals surface area contributed by atoms with E-state index >= 15 is 0 Å². The molecule has 130 valence electrons. The van der Waals surface area contributed by atoms with Gasteiger partial charge < -0.3 is 0 Å². The summed E-state index contributed by atoms with van der Waals surface area (Å²) < 4.78 is 29.0. The molecule has 25 heavy (non-hydrogen) atoms. The number of thiazole rings is 1. The van der Waals surface area contributed by atoms with Crippen molar-refractivity contribution < 1.29 is 13.6 Å². The van der Waals surface area contributed by atoms with Crippen molar-refractivity contribution >= 4 is 22.1 Å². The largest absolute Gasteiger partial charge is 0.292 e. The van der Waals surface area contributed by atoms with Gasteiger partial charge in [-0.1, -0.05) is 18.6 Å². The third kappa shape index (κ3) is 2.99. The zero-order valence-corrected chi connectivity index (χ0v) is 14.5. The Morgan fingerprint density at radius 1 is 1.20 bits per heavy atom. The third-order valence-corrected chi connectivity index (χ3v) is 5.95. The molecule has 0 bridgehead atoms. The van der Waals surface area contributed by atoms with Gasteiger partial charge in [-0.15, -0.1) is 11.3 Å². The lowest BCUT2D eigenvalue weighted by Gasteiger charge is -2.05. The minimum absolute atomic E-state index is 0.0824. The Morgan fingerprint density at radius 3 is 2.92 bits per heavy atom. The first kappa shape index (κ1) is 16.4. The summed E-state index contributed by atoms with van der Waals surface area (Å²) in [5.41, 5.74) is 2.00. The molecule has 0 radical (unpaired) electrons. The molecular weight excluding hydrogens is 342 g/mol. The van der Waals surface area contributed by atoms with Gasteiger partial charge in [-0.05, 0) is 43.7 Å². The molecule has 1 aromatic carbocycles. The Balaban J connectivity index is 1.60. The van der Waals surface area contributed by atoms with Crippen LogP contribution in [0.2, 0.25) is 0 Å². The van der Waals surface area contributed by atoms with Crippen LogP contribution in [0.5, 0.6) is 0 Å². The molecule has 0 aliphatic heterocycles. The Labute approximate surface area is 148 Å². The number of carbonyl (C=O) groups excluding carboxylic acids is 1. The van der Waals surface area contributed by atoms with Crippen LogP contribution in [0.3, 0.4) is 0 Å². The lowest BCUT2D eigenvalue weighted by Crippen LogP contribution is -2.08. The maximum atomic E-state index is 13.8. The number of hydrogen-bond acceptors (Lipinski definition) is 3. The fourth-order valence-corrected chi connectivity index (χ4v) is 4.66. The number of aromatic nitrogens is 2. The van der Waals surface area contributed by atoms with Gasteiger partial charge in [-0.3, -0.25) is 9.20 Å². The van der Waals surface area contributed by atoms with E-state index in [0.717, 1.165) is 30.3 Å². The number of benzene rings is 1. The summed E-state index contributed by atoms with van der Waals surface area (Å²) in [5.74, 6) is -1.82. The van der Waals surface area contributed by atoms with Crippen LogP contribution in [-0.2, 0) is 19.3 Å². The van der Waals surface area contributed by atoms with Crippen molar-refractivity contribution in [3.63, 3.8) is 0 Å². The lowest BCUT2D eigenvalue weighted by atomic mass is 10.1. The molecule has 0 amide bonds. The van der Waals surface area contributed by atoms with Crippen LogP contribution in [0.4, 0.5) is 8.78 Å². The number of nitrogens with zero attached hydrogens (tertiary/aromatic N) is 2.